The lowest BCUT2D eigenvalue weighted by Crippen LogP contribution is -3.00. The highest BCUT2D eigenvalue weighted by molar-refractivity contribution is 9.10. The van der Waals surface area contributed by atoms with Crippen molar-refractivity contribution in [3.63, 3.8) is 0 Å². The third kappa shape index (κ3) is 5.40. The first kappa shape index (κ1) is 22.3. The van der Waals surface area contributed by atoms with Crippen LogP contribution in [-0.2, 0) is 16.1 Å². The summed E-state index contributed by atoms with van der Waals surface area (Å²) in [5.41, 5.74) is 0.916. The zero-order valence-corrected chi connectivity index (χ0v) is 19.0. The number of rotatable bonds is 6. The van der Waals surface area contributed by atoms with Crippen LogP contribution in [0, 0.1) is 5.92 Å². The predicted octanol–water partition coefficient (Wildman–Crippen LogP) is 1.66. The molecule has 3 aliphatic heterocycles. The molecular formula is C21H23BrClNO4S. The van der Waals surface area contributed by atoms with E-state index in [1.807, 2.05) is 41.8 Å². The molecular weight excluding hydrogens is 478 g/mol. The van der Waals surface area contributed by atoms with Crippen LogP contribution in [0.3, 0.4) is 0 Å². The van der Waals surface area contributed by atoms with Crippen molar-refractivity contribution in [3.8, 4) is 0 Å². The molecule has 1 aromatic heterocycles. The third-order valence-electron chi connectivity index (χ3n) is 5.83. The maximum Gasteiger partial charge on any atom is 0.509 e. The molecule has 29 heavy (non-hydrogen) atoms. The number of quaternary nitrogens is 1. The van der Waals surface area contributed by atoms with Gasteiger partial charge in [0.2, 0.25) is 5.78 Å². The zero-order chi connectivity index (χ0) is 19.6. The molecule has 2 aromatic rings. The van der Waals surface area contributed by atoms with Gasteiger partial charge in [-0.3, -0.25) is 4.79 Å². The Bertz CT molecular complexity index is 835. The van der Waals surface area contributed by atoms with Crippen LogP contribution in [0.25, 0.3) is 0 Å². The number of fused-ring (bicyclic) bond motifs is 3. The molecule has 3 saturated heterocycles. The second kappa shape index (κ2) is 9.60. The Balaban J connectivity index is 0.00000240. The summed E-state index contributed by atoms with van der Waals surface area (Å²) in [6.45, 7) is 3.35. The SMILES string of the molecule is O=C(OCc1ccc(Br)cc1)O[C@H]1C[N+]2(CC(=O)c3cccs3)CCC1CC2.[Cl-]. The van der Waals surface area contributed by atoms with Crippen molar-refractivity contribution in [2.24, 2.45) is 5.92 Å². The minimum absolute atomic E-state index is 0. The van der Waals surface area contributed by atoms with Gasteiger partial charge in [-0.25, -0.2) is 4.79 Å². The molecule has 4 heterocycles. The van der Waals surface area contributed by atoms with E-state index in [-0.39, 0.29) is 30.9 Å². The van der Waals surface area contributed by atoms with Crippen LogP contribution in [0.2, 0.25) is 0 Å². The van der Waals surface area contributed by atoms with Gasteiger partial charge >= 0.3 is 6.16 Å². The van der Waals surface area contributed by atoms with Gasteiger partial charge in [0, 0.05) is 23.2 Å². The molecule has 0 unspecified atom stereocenters. The lowest BCUT2D eigenvalue weighted by molar-refractivity contribution is -0.938. The van der Waals surface area contributed by atoms with Gasteiger partial charge in [0.15, 0.2) is 6.10 Å². The van der Waals surface area contributed by atoms with Gasteiger partial charge in [-0.2, -0.15) is 0 Å². The highest BCUT2D eigenvalue weighted by Crippen LogP contribution is 2.36. The van der Waals surface area contributed by atoms with E-state index >= 15 is 0 Å². The van der Waals surface area contributed by atoms with E-state index in [1.54, 1.807) is 0 Å². The van der Waals surface area contributed by atoms with Crippen LogP contribution in [0.5, 0.6) is 0 Å². The summed E-state index contributed by atoms with van der Waals surface area (Å²) in [5.74, 6) is 0.559. The van der Waals surface area contributed by atoms with Crippen molar-refractivity contribution in [2.75, 3.05) is 26.2 Å². The summed E-state index contributed by atoms with van der Waals surface area (Å²) in [6.07, 6.45) is 1.19. The Morgan fingerprint density at radius 1 is 1.14 bits per heavy atom. The van der Waals surface area contributed by atoms with Crippen LogP contribution < -0.4 is 12.4 Å². The fraction of sp³-hybridized carbons (Fsp3) is 0.429. The third-order valence-corrected chi connectivity index (χ3v) is 7.27. The first-order valence-corrected chi connectivity index (χ1v) is 11.2. The first-order valence-electron chi connectivity index (χ1n) is 9.53. The number of carbonyl (C=O) groups excluding carboxylic acids is 2. The second-order valence-corrected chi connectivity index (χ2v) is 9.55. The van der Waals surface area contributed by atoms with E-state index < -0.39 is 6.16 Å². The van der Waals surface area contributed by atoms with Crippen molar-refractivity contribution in [2.45, 2.75) is 25.6 Å². The van der Waals surface area contributed by atoms with Crippen LogP contribution in [-0.4, -0.2) is 48.7 Å². The zero-order valence-electron chi connectivity index (χ0n) is 15.9. The van der Waals surface area contributed by atoms with Crippen molar-refractivity contribution < 1.29 is 36.0 Å². The van der Waals surface area contributed by atoms with E-state index in [1.165, 1.54) is 11.3 Å². The first-order chi connectivity index (χ1) is 13.5. The molecule has 0 radical (unpaired) electrons. The van der Waals surface area contributed by atoms with Crippen molar-refractivity contribution >= 4 is 39.2 Å². The number of piperidine rings is 3. The molecule has 1 atom stereocenters. The molecule has 5 nitrogen and oxygen atoms in total. The second-order valence-electron chi connectivity index (χ2n) is 7.69. The molecule has 156 valence electrons. The molecule has 2 bridgehead atoms. The molecule has 0 spiro atoms. The van der Waals surface area contributed by atoms with Crippen LogP contribution in [0.4, 0.5) is 4.79 Å². The number of hydrogen-bond donors (Lipinski definition) is 0. The molecule has 3 aliphatic rings. The Labute approximate surface area is 189 Å². The molecule has 3 fully saturated rings. The van der Waals surface area contributed by atoms with Gasteiger partial charge in [-0.15, -0.1) is 11.3 Å². The van der Waals surface area contributed by atoms with Crippen LogP contribution in [0.15, 0.2) is 46.3 Å². The van der Waals surface area contributed by atoms with Gasteiger partial charge in [-0.05, 0) is 29.1 Å². The number of ketones is 1. The number of benzene rings is 1. The fourth-order valence-electron chi connectivity index (χ4n) is 4.28. The number of nitrogens with zero attached hydrogens (tertiary/aromatic N) is 1. The largest absolute Gasteiger partial charge is 1.00 e. The normalized spacial score (nSPS) is 25.1. The van der Waals surface area contributed by atoms with Crippen LogP contribution >= 0.6 is 27.3 Å². The van der Waals surface area contributed by atoms with E-state index in [0.29, 0.717) is 19.0 Å². The summed E-state index contributed by atoms with van der Waals surface area (Å²) in [5, 5.41) is 1.93. The summed E-state index contributed by atoms with van der Waals surface area (Å²) >= 11 is 4.88. The minimum Gasteiger partial charge on any atom is -1.00 e. The van der Waals surface area contributed by atoms with Gasteiger partial charge in [0.05, 0.1) is 18.0 Å². The molecule has 0 amide bonds. The van der Waals surface area contributed by atoms with Gasteiger partial charge in [-0.1, -0.05) is 34.1 Å². The monoisotopic (exact) mass is 499 g/mol. The molecule has 0 saturated carbocycles. The van der Waals surface area contributed by atoms with Crippen molar-refractivity contribution in [3.05, 3.63) is 56.7 Å². The average molecular weight is 501 g/mol. The van der Waals surface area contributed by atoms with Gasteiger partial charge in [0.25, 0.3) is 0 Å². The number of thiophene rings is 1. The van der Waals surface area contributed by atoms with Crippen molar-refractivity contribution in [1.29, 1.82) is 0 Å². The predicted molar refractivity (Wildman–Crippen MR) is 110 cm³/mol. The Morgan fingerprint density at radius 3 is 2.52 bits per heavy atom. The van der Waals surface area contributed by atoms with Crippen molar-refractivity contribution in [1.82, 2.24) is 0 Å². The molecule has 1 aromatic carbocycles. The standard InChI is InChI=1S/C21H23BrNO4S.ClH/c22-17-5-3-15(4-6-17)14-26-21(25)27-19-13-23(9-7-16(19)8-10-23)12-18(24)20-2-1-11-28-20;/h1-6,11,16,19H,7-10,12-14H2;1H/q+1;/p-1/t16?,19-,23?;/m0./s1. The van der Waals surface area contributed by atoms with E-state index in [4.69, 9.17) is 9.47 Å². The summed E-state index contributed by atoms with van der Waals surface area (Å²) < 4.78 is 12.7. The van der Waals surface area contributed by atoms with Crippen LogP contribution in [0.1, 0.15) is 28.1 Å². The number of carbonyl (C=O) groups is 2. The number of Topliss-reactive ketones (excluding diaryl/α,β-unsaturated/α-hetero) is 1. The highest BCUT2D eigenvalue weighted by atomic mass is 79.9. The van der Waals surface area contributed by atoms with E-state index in [0.717, 1.165) is 45.3 Å². The number of halogens is 2. The summed E-state index contributed by atoms with van der Waals surface area (Å²) in [7, 11) is 0. The Morgan fingerprint density at radius 2 is 1.86 bits per heavy atom. The Kier molecular flexibility index (Phi) is 7.37. The lowest BCUT2D eigenvalue weighted by atomic mass is 9.83. The fourth-order valence-corrected chi connectivity index (χ4v) is 5.20. The highest BCUT2D eigenvalue weighted by Gasteiger charge is 2.48. The average Bonchev–Trinajstić information content (AvgIpc) is 3.23. The lowest BCUT2D eigenvalue weighted by Gasteiger charge is -2.51. The maximum absolute atomic E-state index is 12.6. The van der Waals surface area contributed by atoms with E-state index in [9.17, 15) is 9.59 Å². The molecule has 5 rings (SSSR count). The Hall–Kier alpha value is -1.41. The quantitative estimate of drug-likeness (QED) is 0.344. The summed E-state index contributed by atoms with van der Waals surface area (Å²) in [6, 6.07) is 11.4. The number of ether oxygens (including phenoxy) is 2. The minimum atomic E-state index is -0.621. The molecule has 0 N–H and O–H groups in total. The number of hydrogen-bond acceptors (Lipinski definition) is 5. The smallest absolute Gasteiger partial charge is 0.509 e. The summed E-state index contributed by atoms with van der Waals surface area (Å²) in [4.78, 5) is 25.7. The maximum atomic E-state index is 12.6. The van der Waals surface area contributed by atoms with E-state index in [2.05, 4.69) is 15.9 Å². The van der Waals surface area contributed by atoms with Gasteiger partial charge < -0.3 is 26.4 Å². The molecule has 8 heteroatoms. The molecule has 0 aliphatic carbocycles. The van der Waals surface area contributed by atoms with Gasteiger partial charge in [0.1, 0.15) is 19.7 Å². The topological polar surface area (TPSA) is 52.6 Å².